The molecule has 1 N–H and O–H groups in total. The Labute approximate surface area is 241 Å². The summed E-state index contributed by atoms with van der Waals surface area (Å²) in [7, 11) is 0. The van der Waals surface area contributed by atoms with Crippen LogP contribution in [0.5, 0.6) is 0 Å². The number of aromatic nitrogens is 1. The molecule has 1 aliphatic rings. The summed E-state index contributed by atoms with van der Waals surface area (Å²) in [6, 6.07) is 0. The van der Waals surface area contributed by atoms with Crippen LogP contribution in [-0.2, 0) is 25.5 Å². The Bertz CT molecular complexity index is 731. The number of thiazole rings is 1. The molecule has 224 valence electrons. The quantitative estimate of drug-likeness (QED) is 0.0802. The van der Waals surface area contributed by atoms with Crippen LogP contribution in [0.25, 0.3) is 0 Å². The Balaban J connectivity index is 1.33. The molecule has 0 saturated carbocycles. The lowest BCUT2D eigenvalue weighted by molar-refractivity contribution is -0.692. The fraction of sp³-hybridized carbons (Fsp3) is 0.839. The molecule has 7 nitrogen and oxygen atoms in total. The molecule has 0 aromatic carbocycles. The Kier molecular flexibility index (Phi) is 19.8. The Morgan fingerprint density at radius 3 is 2.21 bits per heavy atom. The standard InChI is InChI=1S/C31H54N2O5S/c1-2-3-4-5-6-7-8-9-10-11-12-13-16-19-32-31(35)38-25-28-23-29(36-24-28)26-37-30(34)18-15-14-17-20-33-21-22-39-27-33/h21-22,27-29H,2-20,23-26H2,1H3/p+1/t28-,29+/m1/s1. The van der Waals surface area contributed by atoms with E-state index in [1.54, 1.807) is 11.3 Å². The molecule has 0 spiro atoms. The predicted octanol–water partition coefficient (Wildman–Crippen LogP) is 7.36. The first kappa shape index (κ1) is 33.5. The van der Waals surface area contributed by atoms with Crippen LogP contribution in [0.3, 0.4) is 0 Å². The summed E-state index contributed by atoms with van der Waals surface area (Å²) >= 11 is 1.69. The van der Waals surface area contributed by atoms with Crippen LogP contribution in [0.15, 0.2) is 17.1 Å². The lowest BCUT2D eigenvalue weighted by Gasteiger charge is -2.11. The number of carbonyl (C=O) groups is 2. The van der Waals surface area contributed by atoms with Crippen molar-refractivity contribution >= 4 is 23.4 Å². The molecule has 0 bridgehead atoms. The summed E-state index contributed by atoms with van der Waals surface area (Å²) in [5, 5.41) is 4.93. The van der Waals surface area contributed by atoms with Gasteiger partial charge in [0.05, 0.1) is 24.7 Å². The summed E-state index contributed by atoms with van der Waals surface area (Å²) in [5.41, 5.74) is 2.10. The molecule has 8 heteroatoms. The molecule has 1 fully saturated rings. The number of unbranched alkanes of at least 4 members (excludes halogenated alkanes) is 14. The number of rotatable bonds is 24. The normalized spacial score (nSPS) is 16.8. The lowest BCUT2D eigenvalue weighted by atomic mass is 10.0. The minimum absolute atomic E-state index is 0.105. The molecule has 2 heterocycles. The minimum Gasteiger partial charge on any atom is -0.463 e. The van der Waals surface area contributed by atoms with Crippen molar-refractivity contribution < 1.29 is 28.4 Å². The Morgan fingerprint density at radius 2 is 1.54 bits per heavy atom. The number of carbonyl (C=O) groups excluding carboxylic acids is 2. The van der Waals surface area contributed by atoms with Crippen molar-refractivity contribution in [2.75, 3.05) is 26.4 Å². The number of ether oxygens (including phenoxy) is 3. The van der Waals surface area contributed by atoms with Gasteiger partial charge in [0.25, 0.3) is 0 Å². The van der Waals surface area contributed by atoms with Crippen molar-refractivity contribution in [1.29, 1.82) is 0 Å². The number of hydrogen-bond donors (Lipinski definition) is 1. The molecular formula is C31H55N2O5S+. The Hall–Kier alpha value is -1.67. The van der Waals surface area contributed by atoms with Crippen LogP contribution < -0.4 is 9.88 Å². The maximum atomic E-state index is 12.0. The molecule has 2 rings (SSSR count). The van der Waals surface area contributed by atoms with Gasteiger partial charge in [-0.05, 0) is 25.7 Å². The Morgan fingerprint density at radius 1 is 0.872 bits per heavy atom. The lowest BCUT2D eigenvalue weighted by Crippen LogP contribution is -2.29. The van der Waals surface area contributed by atoms with E-state index < -0.39 is 0 Å². The summed E-state index contributed by atoms with van der Waals surface area (Å²) in [4.78, 5) is 24.0. The van der Waals surface area contributed by atoms with E-state index in [1.807, 2.05) is 0 Å². The van der Waals surface area contributed by atoms with Crippen LogP contribution in [0, 0.1) is 5.92 Å². The largest absolute Gasteiger partial charge is 0.463 e. The van der Waals surface area contributed by atoms with Gasteiger partial charge < -0.3 is 19.5 Å². The van der Waals surface area contributed by atoms with Crippen LogP contribution in [0.4, 0.5) is 4.79 Å². The van der Waals surface area contributed by atoms with Crippen molar-refractivity contribution in [1.82, 2.24) is 5.32 Å². The molecular weight excluding hydrogens is 512 g/mol. The van der Waals surface area contributed by atoms with Gasteiger partial charge in [-0.3, -0.25) is 4.79 Å². The highest BCUT2D eigenvalue weighted by Crippen LogP contribution is 2.20. The third-order valence-electron chi connectivity index (χ3n) is 7.42. The van der Waals surface area contributed by atoms with E-state index in [0.717, 1.165) is 45.1 Å². The SMILES string of the molecule is CCCCCCCCCCCCCCCNC(=O)OC[C@H]1CO[C@H](COC(=O)CCCCC[n+]2ccsc2)C1. The van der Waals surface area contributed by atoms with E-state index in [1.165, 1.54) is 70.6 Å². The second-order valence-corrected chi connectivity index (χ2v) is 11.8. The first-order valence-electron chi connectivity index (χ1n) is 15.8. The van der Waals surface area contributed by atoms with Gasteiger partial charge in [0.15, 0.2) is 6.20 Å². The third kappa shape index (κ3) is 18.3. The van der Waals surface area contributed by atoms with Gasteiger partial charge >= 0.3 is 12.1 Å². The maximum Gasteiger partial charge on any atom is 0.407 e. The average Bonchev–Trinajstić information content (AvgIpc) is 3.63. The zero-order chi connectivity index (χ0) is 27.8. The average molecular weight is 568 g/mol. The molecule has 1 amide bonds. The van der Waals surface area contributed by atoms with Crippen LogP contribution in [0.2, 0.25) is 0 Å². The summed E-state index contributed by atoms with van der Waals surface area (Å²) < 4.78 is 18.7. The zero-order valence-electron chi connectivity index (χ0n) is 24.5. The first-order valence-corrected chi connectivity index (χ1v) is 16.7. The topological polar surface area (TPSA) is 77.7 Å². The van der Waals surface area contributed by atoms with Crippen LogP contribution in [0.1, 0.15) is 122 Å². The van der Waals surface area contributed by atoms with Crippen molar-refractivity contribution in [2.45, 2.75) is 135 Å². The third-order valence-corrected chi connectivity index (χ3v) is 8.09. The first-order chi connectivity index (χ1) is 19.2. The van der Waals surface area contributed by atoms with E-state index in [4.69, 9.17) is 14.2 Å². The molecule has 39 heavy (non-hydrogen) atoms. The maximum absolute atomic E-state index is 12.0. The van der Waals surface area contributed by atoms with Gasteiger partial charge in [0, 0.05) is 25.3 Å². The van der Waals surface area contributed by atoms with Gasteiger partial charge in [0.1, 0.15) is 13.2 Å². The molecule has 1 aromatic rings. The second kappa shape index (κ2) is 23.1. The van der Waals surface area contributed by atoms with Gasteiger partial charge in [-0.25, -0.2) is 4.79 Å². The highest BCUT2D eigenvalue weighted by Gasteiger charge is 2.27. The van der Waals surface area contributed by atoms with Gasteiger partial charge in [-0.1, -0.05) is 95.3 Å². The highest BCUT2D eigenvalue weighted by molar-refractivity contribution is 7.07. The molecule has 1 aromatic heterocycles. The number of nitrogens with one attached hydrogen (secondary N) is 1. The van der Waals surface area contributed by atoms with Crippen LogP contribution >= 0.6 is 11.3 Å². The molecule has 2 atom stereocenters. The van der Waals surface area contributed by atoms with Gasteiger partial charge in [-0.2, -0.15) is 4.57 Å². The fourth-order valence-corrected chi connectivity index (χ4v) is 5.61. The number of esters is 1. The molecule has 0 unspecified atom stereocenters. The summed E-state index contributed by atoms with van der Waals surface area (Å²) in [6.07, 6.45) is 22.9. The highest BCUT2D eigenvalue weighted by atomic mass is 32.1. The molecule has 0 radical (unpaired) electrons. The molecule has 1 aliphatic heterocycles. The van der Waals surface area contributed by atoms with E-state index >= 15 is 0 Å². The predicted molar refractivity (Wildman–Crippen MR) is 157 cm³/mol. The van der Waals surface area contributed by atoms with Crippen molar-refractivity contribution in [3.8, 4) is 0 Å². The number of amides is 1. The molecule has 0 aliphatic carbocycles. The minimum atomic E-state index is -0.346. The number of nitrogens with zero attached hydrogens (tertiary/aromatic N) is 1. The van der Waals surface area contributed by atoms with E-state index in [9.17, 15) is 9.59 Å². The van der Waals surface area contributed by atoms with Crippen LogP contribution in [-0.4, -0.2) is 44.5 Å². The number of hydrogen-bond acceptors (Lipinski definition) is 6. The summed E-state index contributed by atoms with van der Waals surface area (Å²) in [6.45, 7) is 5.10. The van der Waals surface area contributed by atoms with Gasteiger partial charge in [0.2, 0.25) is 5.51 Å². The molecule has 1 saturated heterocycles. The number of alkyl carbamates (subject to hydrolysis) is 1. The monoisotopic (exact) mass is 567 g/mol. The van der Waals surface area contributed by atoms with Crippen molar-refractivity contribution in [3.05, 3.63) is 17.1 Å². The van der Waals surface area contributed by atoms with Crippen molar-refractivity contribution in [3.63, 3.8) is 0 Å². The second-order valence-electron chi connectivity index (χ2n) is 11.1. The zero-order valence-corrected chi connectivity index (χ0v) is 25.4. The number of aryl methyl sites for hydroxylation is 1. The van der Waals surface area contributed by atoms with E-state index in [-0.39, 0.29) is 30.7 Å². The van der Waals surface area contributed by atoms with E-state index in [0.29, 0.717) is 26.2 Å². The van der Waals surface area contributed by atoms with Crippen molar-refractivity contribution in [2.24, 2.45) is 5.92 Å². The summed E-state index contributed by atoms with van der Waals surface area (Å²) in [5.74, 6) is -0.000530. The van der Waals surface area contributed by atoms with E-state index in [2.05, 4.69) is 33.9 Å². The fourth-order valence-electron chi connectivity index (χ4n) is 4.98. The smallest absolute Gasteiger partial charge is 0.407 e. The van der Waals surface area contributed by atoms with Gasteiger partial charge in [-0.15, -0.1) is 0 Å².